The molecule has 0 aliphatic rings. The number of carbonyl (C=O) groups is 2. The molecule has 7 heteroatoms. The van der Waals surface area contributed by atoms with Crippen LogP contribution >= 0.6 is 0 Å². The lowest BCUT2D eigenvalue weighted by Crippen LogP contribution is -2.11. The summed E-state index contributed by atoms with van der Waals surface area (Å²) < 4.78 is 24.5. The third-order valence-corrected chi connectivity index (χ3v) is 2.99. The molecule has 6 nitrogen and oxygen atoms in total. The minimum Gasteiger partial charge on any atom is -0.481 e. The summed E-state index contributed by atoms with van der Waals surface area (Å²) in [6, 6.07) is 4.75. The number of nitrogens with one attached hydrogen (secondary N) is 1. The van der Waals surface area contributed by atoms with Gasteiger partial charge in [-0.15, -0.1) is 0 Å². The Morgan fingerprint density at radius 1 is 1.32 bits per heavy atom. The fraction of sp³-hybridized carbons (Fsp3) is 0.333. The van der Waals surface area contributed by atoms with Crippen molar-refractivity contribution in [1.29, 1.82) is 0 Å². The van der Waals surface area contributed by atoms with Gasteiger partial charge in [0, 0.05) is 12.1 Å². The molecule has 0 unspecified atom stereocenters. The molecule has 104 valence electrons. The predicted molar refractivity (Wildman–Crippen MR) is 70.6 cm³/mol. The number of hydrogen-bond acceptors (Lipinski definition) is 4. The van der Waals surface area contributed by atoms with Gasteiger partial charge in [-0.25, -0.2) is 8.42 Å². The van der Waals surface area contributed by atoms with Crippen LogP contribution in [0.15, 0.2) is 18.2 Å². The maximum Gasteiger partial charge on any atom is 0.310 e. The van der Waals surface area contributed by atoms with Crippen molar-refractivity contribution in [1.82, 2.24) is 0 Å². The molecule has 0 aliphatic heterocycles. The maximum atomic E-state index is 11.4. The Morgan fingerprint density at radius 3 is 2.42 bits per heavy atom. The van der Waals surface area contributed by atoms with E-state index in [0.29, 0.717) is 11.3 Å². The molecule has 0 atom stereocenters. The molecule has 0 heterocycles. The zero-order valence-electron chi connectivity index (χ0n) is 10.6. The quantitative estimate of drug-likeness (QED) is 0.758. The molecule has 0 saturated heterocycles. The second-order valence-corrected chi connectivity index (χ2v) is 6.05. The zero-order chi connectivity index (χ0) is 14.6. The first-order chi connectivity index (χ1) is 8.67. The van der Waals surface area contributed by atoms with Crippen LogP contribution in [0.2, 0.25) is 0 Å². The first-order valence-electron chi connectivity index (χ1n) is 5.48. The van der Waals surface area contributed by atoms with E-state index < -0.39 is 22.4 Å². The first kappa shape index (κ1) is 15.2. The van der Waals surface area contributed by atoms with Crippen LogP contribution < -0.4 is 4.72 Å². The normalized spacial score (nSPS) is 11.1. The predicted octanol–water partition coefficient (Wildman–Crippen LogP) is 0.953. The highest BCUT2D eigenvalue weighted by Gasteiger charge is 2.11. The average Bonchev–Trinajstić information content (AvgIpc) is 2.18. The van der Waals surface area contributed by atoms with Crippen molar-refractivity contribution in [2.45, 2.75) is 19.8 Å². The van der Waals surface area contributed by atoms with Gasteiger partial charge in [-0.3, -0.25) is 14.3 Å². The lowest BCUT2D eigenvalue weighted by Gasteiger charge is -2.08. The molecule has 1 aromatic carbocycles. The van der Waals surface area contributed by atoms with Gasteiger partial charge in [0.1, 0.15) is 12.2 Å². The SMILES string of the molecule is Cc1cc(NS(C)(=O)=O)ccc1CC(=O)CC(=O)O. The van der Waals surface area contributed by atoms with Crippen LogP contribution in [-0.4, -0.2) is 31.5 Å². The van der Waals surface area contributed by atoms with Crippen molar-refractivity contribution in [3.63, 3.8) is 0 Å². The minimum atomic E-state index is -3.34. The molecule has 0 aromatic heterocycles. The second kappa shape index (κ2) is 5.83. The van der Waals surface area contributed by atoms with E-state index in [1.807, 2.05) is 0 Å². The Labute approximate surface area is 111 Å². The molecule has 0 radical (unpaired) electrons. The lowest BCUT2D eigenvalue weighted by atomic mass is 10.0. The van der Waals surface area contributed by atoms with Crippen LogP contribution in [-0.2, 0) is 26.0 Å². The number of anilines is 1. The Balaban J connectivity index is 2.83. The number of carboxylic acid groups (broad SMARTS) is 1. The van der Waals surface area contributed by atoms with Crippen LogP contribution in [0, 0.1) is 6.92 Å². The molecule has 0 saturated carbocycles. The summed E-state index contributed by atoms with van der Waals surface area (Å²) in [7, 11) is -3.34. The van der Waals surface area contributed by atoms with E-state index in [2.05, 4.69) is 4.72 Å². The van der Waals surface area contributed by atoms with Crippen LogP contribution in [0.1, 0.15) is 17.5 Å². The highest BCUT2D eigenvalue weighted by Crippen LogP contribution is 2.17. The number of aryl methyl sites for hydroxylation is 1. The molecule has 2 N–H and O–H groups in total. The highest BCUT2D eigenvalue weighted by atomic mass is 32.2. The van der Waals surface area contributed by atoms with E-state index >= 15 is 0 Å². The monoisotopic (exact) mass is 285 g/mol. The number of hydrogen-bond donors (Lipinski definition) is 2. The third kappa shape index (κ3) is 5.52. The molecule has 0 fully saturated rings. The lowest BCUT2D eigenvalue weighted by molar-refractivity contribution is -0.140. The number of carboxylic acids is 1. The van der Waals surface area contributed by atoms with E-state index in [-0.39, 0.29) is 12.2 Å². The average molecular weight is 285 g/mol. The van der Waals surface area contributed by atoms with Gasteiger partial charge in [0.2, 0.25) is 10.0 Å². The van der Waals surface area contributed by atoms with E-state index in [4.69, 9.17) is 5.11 Å². The van der Waals surface area contributed by atoms with E-state index in [9.17, 15) is 18.0 Å². The number of carbonyl (C=O) groups excluding carboxylic acids is 1. The van der Waals surface area contributed by atoms with Gasteiger partial charge in [0.15, 0.2) is 0 Å². The maximum absolute atomic E-state index is 11.4. The van der Waals surface area contributed by atoms with Crippen LogP contribution in [0.4, 0.5) is 5.69 Å². The fourth-order valence-electron chi connectivity index (χ4n) is 1.62. The summed E-state index contributed by atoms with van der Waals surface area (Å²) in [5, 5.41) is 8.51. The molecule has 1 rings (SSSR count). The second-order valence-electron chi connectivity index (χ2n) is 4.30. The Morgan fingerprint density at radius 2 is 1.95 bits per heavy atom. The van der Waals surface area contributed by atoms with Crippen molar-refractivity contribution in [2.75, 3.05) is 11.0 Å². The van der Waals surface area contributed by atoms with Crippen molar-refractivity contribution < 1.29 is 23.1 Å². The van der Waals surface area contributed by atoms with Gasteiger partial charge < -0.3 is 5.11 Å². The zero-order valence-corrected chi connectivity index (χ0v) is 11.5. The number of ketones is 1. The third-order valence-electron chi connectivity index (χ3n) is 2.38. The van der Waals surface area contributed by atoms with E-state index in [0.717, 1.165) is 11.8 Å². The summed E-state index contributed by atoms with van der Waals surface area (Å²) in [6.07, 6.45) is 0.562. The largest absolute Gasteiger partial charge is 0.481 e. The van der Waals surface area contributed by atoms with Crippen molar-refractivity contribution in [2.24, 2.45) is 0 Å². The van der Waals surface area contributed by atoms with Crippen molar-refractivity contribution in [3.8, 4) is 0 Å². The van der Waals surface area contributed by atoms with E-state index in [1.54, 1.807) is 19.1 Å². The molecule has 19 heavy (non-hydrogen) atoms. The summed E-state index contributed by atoms with van der Waals surface area (Å²) >= 11 is 0. The molecular formula is C12H15NO5S. The Kier molecular flexibility index (Phi) is 4.66. The smallest absolute Gasteiger partial charge is 0.310 e. The van der Waals surface area contributed by atoms with Gasteiger partial charge in [-0.05, 0) is 30.2 Å². The summed E-state index contributed by atoms with van der Waals surface area (Å²) in [6.45, 7) is 1.73. The fourth-order valence-corrected chi connectivity index (χ4v) is 2.17. The van der Waals surface area contributed by atoms with Crippen LogP contribution in [0.5, 0.6) is 0 Å². The van der Waals surface area contributed by atoms with Crippen LogP contribution in [0.3, 0.4) is 0 Å². The molecular weight excluding hydrogens is 270 g/mol. The van der Waals surface area contributed by atoms with Gasteiger partial charge in [0.05, 0.1) is 6.26 Å². The highest BCUT2D eigenvalue weighted by molar-refractivity contribution is 7.92. The summed E-state index contributed by atoms with van der Waals surface area (Å²) in [4.78, 5) is 21.8. The number of sulfonamides is 1. The van der Waals surface area contributed by atoms with Crippen LogP contribution in [0.25, 0.3) is 0 Å². The summed E-state index contributed by atoms with van der Waals surface area (Å²) in [5.41, 5.74) is 1.83. The molecule has 0 amide bonds. The first-order valence-corrected chi connectivity index (χ1v) is 7.37. The van der Waals surface area contributed by atoms with Gasteiger partial charge in [0.25, 0.3) is 0 Å². The molecule has 0 spiro atoms. The van der Waals surface area contributed by atoms with Gasteiger partial charge in [-0.2, -0.15) is 0 Å². The van der Waals surface area contributed by atoms with Crippen molar-refractivity contribution >= 4 is 27.5 Å². The molecule has 0 bridgehead atoms. The standard InChI is InChI=1S/C12H15NO5S/c1-8-5-10(13-19(2,17)18)4-3-9(8)6-11(14)7-12(15)16/h3-5,13H,6-7H2,1-2H3,(H,15,16). The van der Waals surface area contributed by atoms with Gasteiger partial charge in [-0.1, -0.05) is 6.07 Å². The Hall–Kier alpha value is -1.89. The minimum absolute atomic E-state index is 0.0251. The van der Waals surface area contributed by atoms with Gasteiger partial charge >= 0.3 is 5.97 Å². The number of Topliss-reactive ketones (excluding diaryl/α,β-unsaturated/α-hetero) is 1. The topological polar surface area (TPSA) is 101 Å². The molecule has 1 aromatic rings. The van der Waals surface area contributed by atoms with E-state index in [1.165, 1.54) is 6.07 Å². The Bertz CT molecular complexity index is 607. The summed E-state index contributed by atoms with van der Waals surface area (Å²) in [5.74, 6) is -1.54. The number of aliphatic carboxylic acids is 1. The number of rotatable bonds is 6. The van der Waals surface area contributed by atoms with Crippen molar-refractivity contribution in [3.05, 3.63) is 29.3 Å². The number of benzene rings is 1. The molecule has 0 aliphatic carbocycles.